The van der Waals surface area contributed by atoms with Crippen LogP contribution < -0.4 is 5.32 Å². The molecule has 0 saturated carbocycles. The average Bonchev–Trinajstić information content (AvgIpc) is 2.97. The quantitative estimate of drug-likeness (QED) is 0.768. The van der Waals surface area contributed by atoms with E-state index in [9.17, 15) is 4.79 Å². The average molecular weight is 365 g/mol. The van der Waals surface area contributed by atoms with Crippen molar-refractivity contribution in [1.29, 1.82) is 0 Å². The van der Waals surface area contributed by atoms with Gasteiger partial charge in [0.25, 0.3) is 12.4 Å². The Morgan fingerprint density at radius 1 is 1.36 bits per heavy atom. The van der Waals surface area contributed by atoms with Crippen molar-refractivity contribution in [2.24, 2.45) is 0 Å². The Labute approximate surface area is 153 Å². The van der Waals surface area contributed by atoms with Gasteiger partial charge in [-0.05, 0) is 37.1 Å². The maximum absolute atomic E-state index is 12.1. The predicted octanol–water partition coefficient (Wildman–Crippen LogP) is 4.54. The van der Waals surface area contributed by atoms with E-state index >= 15 is 0 Å². The summed E-state index contributed by atoms with van der Waals surface area (Å²) in [6.45, 7) is 8.66. The molecule has 2 heterocycles. The van der Waals surface area contributed by atoms with Crippen LogP contribution in [0.25, 0.3) is 11.1 Å². The summed E-state index contributed by atoms with van der Waals surface area (Å²) in [4.78, 5) is 20.4. The first-order valence-electron chi connectivity index (χ1n) is 8.37. The third-order valence-electron chi connectivity index (χ3n) is 3.99. The molecule has 0 saturated heterocycles. The number of benzene rings is 1. The van der Waals surface area contributed by atoms with Crippen molar-refractivity contribution in [3.05, 3.63) is 46.7 Å². The van der Waals surface area contributed by atoms with E-state index in [1.54, 1.807) is 0 Å². The summed E-state index contributed by atoms with van der Waals surface area (Å²) in [6.07, 6.45) is 0.998. The van der Waals surface area contributed by atoms with E-state index < -0.39 is 0 Å². The van der Waals surface area contributed by atoms with Crippen molar-refractivity contribution in [1.82, 2.24) is 9.88 Å². The molecular weight excluding hydrogens is 340 g/mol. The number of amides is 1. The molecule has 1 aromatic heterocycles. The summed E-state index contributed by atoms with van der Waals surface area (Å²) in [7, 11) is 0. The van der Waals surface area contributed by atoms with E-state index in [-0.39, 0.29) is 12.4 Å². The van der Waals surface area contributed by atoms with Crippen LogP contribution in [-0.4, -0.2) is 28.6 Å². The van der Waals surface area contributed by atoms with E-state index in [0.29, 0.717) is 17.6 Å². The summed E-state index contributed by atoms with van der Waals surface area (Å²) < 4.78 is 2.16. The molecule has 6 heteroatoms. The normalized spacial score (nSPS) is 14.9. The van der Waals surface area contributed by atoms with Crippen molar-refractivity contribution in [3.63, 3.8) is 0 Å². The van der Waals surface area contributed by atoms with Gasteiger partial charge >= 0.3 is 0 Å². The number of fused-ring (bicyclic) bond motifs is 1. The number of hydrogen-bond donors (Lipinski definition) is 2. The van der Waals surface area contributed by atoms with Gasteiger partial charge in [-0.15, -0.1) is 0 Å². The van der Waals surface area contributed by atoms with Gasteiger partial charge in [0.05, 0.1) is 6.04 Å². The molecule has 25 heavy (non-hydrogen) atoms. The Hall–Kier alpha value is -2.27. The lowest BCUT2D eigenvalue weighted by Crippen LogP contribution is -2.38. The van der Waals surface area contributed by atoms with Crippen molar-refractivity contribution >= 4 is 24.0 Å². The number of carbonyl (C=O) groups excluding carboxylic acids is 1. The molecular formula is C19H25ClN2O3. The van der Waals surface area contributed by atoms with Crippen LogP contribution in [0.3, 0.4) is 0 Å². The Morgan fingerprint density at radius 2 is 2.00 bits per heavy atom. The Kier molecular flexibility index (Phi) is 8.22. The summed E-state index contributed by atoms with van der Waals surface area (Å²) in [6, 6.07) is 10.1. The van der Waals surface area contributed by atoms with Gasteiger partial charge in [0.1, 0.15) is 5.69 Å². The second-order valence-corrected chi connectivity index (χ2v) is 5.72. The molecule has 1 aliphatic heterocycles. The maximum atomic E-state index is 12.1. The minimum Gasteiger partial charge on any atom is -0.483 e. The molecule has 0 aliphatic carbocycles. The highest BCUT2D eigenvalue weighted by molar-refractivity contribution is 6.30. The SMILES string of the molecule is CC.CCC1CNC(=O)c2cc(-c3cccc(Cl)c3)c(C)n21.O=CO. The Balaban J connectivity index is 0.000000567. The molecule has 2 N–H and O–H groups in total. The minimum atomic E-state index is -0.250. The number of rotatable bonds is 2. The van der Waals surface area contributed by atoms with Gasteiger partial charge in [-0.2, -0.15) is 0 Å². The highest BCUT2D eigenvalue weighted by Gasteiger charge is 2.27. The number of nitrogens with zero attached hydrogens (tertiary/aromatic N) is 1. The summed E-state index contributed by atoms with van der Waals surface area (Å²) in [5, 5.41) is 10.6. The molecule has 5 nitrogen and oxygen atoms in total. The van der Waals surface area contributed by atoms with Gasteiger partial charge in [-0.3, -0.25) is 9.59 Å². The van der Waals surface area contributed by atoms with Crippen LogP contribution in [0.4, 0.5) is 0 Å². The highest BCUT2D eigenvalue weighted by atomic mass is 35.5. The summed E-state index contributed by atoms with van der Waals surface area (Å²) >= 11 is 6.07. The first-order valence-corrected chi connectivity index (χ1v) is 8.75. The molecule has 1 atom stereocenters. The summed E-state index contributed by atoms with van der Waals surface area (Å²) in [5.74, 6) is 0.00563. The zero-order valence-electron chi connectivity index (χ0n) is 15.0. The van der Waals surface area contributed by atoms with Crippen molar-refractivity contribution in [3.8, 4) is 11.1 Å². The molecule has 1 aromatic carbocycles. The Bertz CT molecular complexity index is 725. The fraction of sp³-hybridized carbons (Fsp3) is 0.368. The number of nitrogens with one attached hydrogen (secondary N) is 1. The molecule has 0 spiro atoms. The second kappa shape index (κ2) is 9.89. The molecule has 0 bridgehead atoms. The lowest BCUT2D eigenvalue weighted by Gasteiger charge is -2.27. The highest BCUT2D eigenvalue weighted by Crippen LogP contribution is 2.33. The molecule has 0 radical (unpaired) electrons. The van der Waals surface area contributed by atoms with Crippen LogP contribution in [0.15, 0.2) is 30.3 Å². The van der Waals surface area contributed by atoms with Gasteiger partial charge in [-0.25, -0.2) is 0 Å². The standard InChI is InChI=1S/C16H17ClN2O.C2H6.CH2O2/c1-3-13-9-18-16(20)15-8-14(10(2)19(13)15)11-5-4-6-12(17)7-11;1-2;2-1-3/h4-8,13H,3,9H2,1-2H3,(H,18,20);1-2H3;1H,(H,2,3). The number of aromatic nitrogens is 1. The number of halogens is 1. The largest absolute Gasteiger partial charge is 0.483 e. The number of carboxylic acid groups (broad SMARTS) is 1. The van der Waals surface area contributed by atoms with Crippen LogP contribution in [0.2, 0.25) is 5.02 Å². The van der Waals surface area contributed by atoms with E-state index in [1.165, 1.54) is 0 Å². The number of hydrogen-bond acceptors (Lipinski definition) is 2. The Morgan fingerprint density at radius 3 is 2.56 bits per heavy atom. The van der Waals surface area contributed by atoms with E-state index in [1.807, 2.05) is 44.2 Å². The lowest BCUT2D eigenvalue weighted by molar-refractivity contribution is -0.122. The van der Waals surface area contributed by atoms with Gasteiger partial charge in [0.15, 0.2) is 0 Å². The van der Waals surface area contributed by atoms with Gasteiger partial charge in [0.2, 0.25) is 0 Å². The lowest BCUT2D eigenvalue weighted by atomic mass is 10.1. The van der Waals surface area contributed by atoms with Crippen molar-refractivity contribution < 1.29 is 14.7 Å². The monoisotopic (exact) mass is 364 g/mol. The molecule has 1 aliphatic rings. The van der Waals surface area contributed by atoms with Crippen molar-refractivity contribution in [2.45, 2.75) is 40.2 Å². The number of carbonyl (C=O) groups is 2. The molecule has 2 aromatic rings. The molecule has 3 rings (SSSR count). The van der Waals surface area contributed by atoms with Crippen molar-refractivity contribution in [2.75, 3.05) is 6.54 Å². The first-order chi connectivity index (χ1) is 12.0. The fourth-order valence-electron chi connectivity index (χ4n) is 2.93. The zero-order chi connectivity index (χ0) is 19.0. The van der Waals surface area contributed by atoms with Crippen LogP contribution in [-0.2, 0) is 4.79 Å². The molecule has 136 valence electrons. The van der Waals surface area contributed by atoms with E-state index in [2.05, 4.69) is 23.7 Å². The van der Waals surface area contributed by atoms with Crippen LogP contribution in [0.1, 0.15) is 49.4 Å². The molecule has 1 amide bonds. The minimum absolute atomic E-state index is 0.00563. The zero-order valence-corrected chi connectivity index (χ0v) is 15.8. The third-order valence-corrected chi connectivity index (χ3v) is 4.23. The maximum Gasteiger partial charge on any atom is 0.290 e. The third kappa shape index (κ3) is 4.63. The first kappa shape index (κ1) is 20.8. The van der Waals surface area contributed by atoms with Gasteiger partial charge in [0, 0.05) is 22.8 Å². The van der Waals surface area contributed by atoms with Crippen LogP contribution >= 0.6 is 11.6 Å². The van der Waals surface area contributed by atoms with Gasteiger partial charge < -0.3 is 15.0 Å². The fourth-order valence-corrected chi connectivity index (χ4v) is 3.12. The summed E-state index contributed by atoms with van der Waals surface area (Å²) in [5.41, 5.74) is 4.01. The van der Waals surface area contributed by atoms with E-state index in [4.69, 9.17) is 21.5 Å². The van der Waals surface area contributed by atoms with Crippen LogP contribution in [0, 0.1) is 6.92 Å². The predicted molar refractivity (Wildman–Crippen MR) is 101 cm³/mol. The molecule has 0 fully saturated rings. The molecule has 1 unspecified atom stereocenters. The topological polar surface area (TPSA) is 71.3 Å². The second-order valence-electron chi connectivity index (χ2n) is 5.29. The van der Waals surface area contributed by atoms with E-state index in [0.717, 1.165) is 28.9 Å². The van der Waals surface area contributed by atoms with Gasteiger partial charge in [-0.1, -0.05) is 44.5 Å². The smallest absolute Gasteiger partial charge is 0.290 e. The van der Waals surface area contributed by atoms with Crippen LogP contribution in [0.5, 0.6) is 0 Å².